The second kappa shape index (κ2) is 5.47. The van der Waals surface area contributed by atoms with Gasteiger partial charge in [-0.05, 0) is 56.8 Å². The average Bonchev–Trinajstić information content (AvgIpc) is 2.31. The molecule has 0 amide bonds. The molecule has 15 heavy (non-hydrogen) atoms. The molecule has 2 N–H and O–H groups in total. The number of nitrogens with zero attached hydrogens (tertiary/aromatic N) is 1. The van der Waals surface area contributed by atoms with Gasteiger partial charge in [-0.15, -0.1) is 0 Å². The molecule has 1 aliphatic heterocycles. The highest BCUT2D eigenvalue weighted by Crippen LogP contribution is 2.18. The zero-order valence-electron chi connectivity index (χ0n) is 9.49. The first kappa shape index (κ1) is 10.9. The molecule has 2 rings (SSSR count). The summed E-state index contributed by atoms with van der Waals surface area (Å²) in [4.78, 5) is 2.56. The van der Waals surface area contributed by atoms with E-state index in [2.05, 4.69) is 23.1 Å². The highest BCUT2D eigenvalue weighted by molar-refractivity contribution is 5.23. The molecule has 1 aliphatic carbocycles. The molecule has 0 radical (unpaired) electrons. The van der Waals surface area contributed by atoms with Gasteiger partial charge in [0.25, 0.3) is 0 Å². The Hall–Kier alpha value is -0.600. The molecular weight excluding hydrogens is 184 g/mol. The lowest BCUT2D eigenvalue weighted by molar-refractivity contribution is 0.201. The van der Waals surface area contributed by atoms with Crippen molar-refractivity contribution in [2.24, 2.45) is 11.7 Å². The van der Waals surface area contributed by atoms with E-state index in [0.717, 1.165) is 19.0 Å². The molecule has 2 nitrogen and oxygen atoms in total. The summed E-state index contributed by atoms with van der Waals surface area (Å²) in [5, 5.41) is 0. The Morgan fingerprint density at radius 2 is 2.13 bits per heavy atom. The first-order valence-corrected chi connectivity index (χ1v) is 6.16. The van der Waals surface area contributed by atoms with Gasteiger partial charge in [-0.2, -0.15) is 0 Å². The summed E-state index contributed by atoms with van der Waals surface area (Å²) in [6, 6.07) is 0. The van der Waals surface area contributed by atoms with E-state index < -0.39 is 0 Å². The van der Waals surface area contributed by atoms with Gasteiger partial charge in [0.2, 0.25) is 0 Å². The maximum Gasteiger partial charge on any atom is 0.0230 e. The fraction of sp³-hybridized carbons (Fsp3) is 0.692. The van der Waals surface area contributed by atoms with E-state index in [1.807, 2.05) is 0 Å². The lowest BCUT2D eigenvalue weighted by Crippen LogP contribution is -2.37. The molecule has 0 unspecified atom stereocenters. The Kier molecular flexibility index (Phi) is 3.98. The van der Waals surface area contributed by atoms with Crippen molar-refractivity contribution in [3.63, 3.8) is 0 Å². The molecule has 0 aromatic rings. The van der Waals surface area contributed by atoms with Crippen LogP contribution in [0.3, 0.4) is 0 Å². The highest BCUT2D eigenvalue weighted by atomic mass is 15.1. The zero-order chi connectivity index (χ0) is 10.5. The molecule has 0 aromatic carbocycles. The molecule has 0 saturated carbocycles. The summed E-state index contributed by atoms with van der Waals surface area (Å²) in [5.41, 5.74) is 7.20. The second-order valence-electron chi connectivity index (χ2n) is 4.71. The molecule has 2 heteroatoms. The predicted molar refractivity (Wildman–Crippen MR) is 66.8 cm³/mol. The number of rotatable bonds is 3. The van der Waals surface area contributed by atoms with Crippen molar-refractivity contribution in [2.45, 2.75) is 25.7 Å². The van der Waals surface area contributed by atoms with E-state index in [-0.39, 0.29) is 1.43 Å². The van der Waals surface area contributed by atoms with Crippen LogP contribution in [0.1, 0.15) is 27.1 Å². The van der Waals surface area contributed by atoms with Gasteiger partial charge in [0.1, 0.15) is 0 Å². The third-order valence-corrected chi connectivity index (χ3v) is 3.52. The van der Waals surface area contributed by atoms with Crippen LogP contribution in [0, 0.1) is 5.92 Å². The number of hydrogen-bond acceptors (Lipinski definition) is 2. The summed E-state index contributed by atoms with van der Waals surface area (Å²) in [6.45, 7) is 4.48. The van der Waals surface area contributed by atoms with Gasteiger partial charge in [0.05, 0.1) is 0 Å². The zero-order valence-corrected chi connectivity index (χ0v) is 9.49. The molecule has 86 valence electrons. The van der Waals surface area contributed by atoms with Crippen molar-refractivity contribution in [1.82, 2.24) is 4.90 Å². The number of likely N-dealkylation sites (tertiary alicyclic amines) is 1. The molecule has 1 fully saturated rings. The van der Waals surface area contributed by atoms with Crippen LogP contribution < -0.4 is 5.73 Å². The highest BCUT2D eigenvalue weighted by Gasteiger charge is 2.18. The van der Waals surface area contributed by atoms with E-state index in [0.29, 0.717) is 0 Å². The Balaban J connectivity index is 0.00000128. The van der Waals surface area contributed by atoms with E-state index >= 15 is 0 Å². The Morgan fingerprint density at radius 3 is 2.73 bits per heavy atom. The molecule has 0 bridgehead atoms. The predicted octanol–water partition coefficient (Wildman–Crippen LogP) is 2.18. The van der Waals surface area contributed by atoms with Crippen molar-refractivity contribution >= 4 is 0 Å². The number of piperidine rings is 1. The van der Waals surface area contributed by atoms with Crippen LogP contribution in [0.5, 0.6) is 0 Å². The van der Waals surface area contributed by atoms with Gasteiger partial charge in [0, 0.05) is 7.97 Å². The Bertz CT molecular complexity index is 253. The van der Waals surface area contributed by atoms with E-state index in [1.165, 1.54) is 44.3 Å². The van der Waals surface area contributed by atoms with Gasteiger partial charge in [-0.25, -0.2) is 0 Å². The third kappa shape index (κ3) is 3.18. The molecule has 1 saturated heterocycles. The quantitative estimate of drug-likeness (QED) is 0.770. The molecule has 2 aliphatic rings. The number of nitrogens with two attached hydrogens (primary N) is 1. The van der Waals surface area contributed by atoms with Crippen LogP contribution in [0.15, 0.2) is 23.8 Å². The lowest BCUT2D eigenvalue weighted by atomic mass is 9.96. The van der Waals surface area contributed by atoms with Crippen molar-refractivity contribution in [3.05, 3.63) is 23.8 Å². The molecule has 0 atom stereocenters. The Labute approximate surface area is 94.3 Å². The summed E-state index contributed by atoms with van der Waals surface area (Å²) < 4.78 is 0. The summed E-state index contributed by atoms with van der Waals surface area (Å²) in [6.07, 6.45) is 12.0. The van der Waals surface area contributed by atoms with Crippen molar-refractivity contribution in [3.8, 4) is 0 Å². The monoisotopic (exact) mass is 208 g/mol. The first-order valence-electron chi connectivity index (χ1n) is 6.16. The van der Waals surface area contributed by atoms with Crippen LogP contribution >= 0.6 is 0 Å². The van der Waals surface area contributed by atoms with Crippen molar-refractivity contribution in [1.29, 1.82) is 0 Å². The van der Waals surface area contributed by atoms with Gasteiger partial charge >= 0.3 is 0 Å². The minimum atomic E-state index is 0. The third-order valence-electron chi connectivity index (χ3n) is 3.52. The van der Waals surface area contributed by atoms with Crippen LogP contribution in [0.4, 0.5) is 0 Å². The minimum absolute atomic E-state index is 0. The average molecular weight is 208 g/mol. The Morgan fingerprint density at radius 1 is 1.33 bits per heavy atom. The normalized spacial score (nSPS) is 24.2. The molecule has 0 spiro atoms. The largest absolute Gasteiger partial charge is 0.330 e. The summed E-state index contributed by atoms with van der Waals surface area (Å²) >= 11 is 0. The molecular formula is C13H24N2. The molecule has 0 aromatic heterocycles. The lowest BCUT2D eigenvalue weighted by Gasteiger charge is -2.31. The van der Waals surface area contributed by atoms with Gasteiger partial charge < -0.3 is 5.73 Å². The van der Waals surface area contributed by atoms with Crippen LogP contribution in [-0.2, 0) is 0 Å². The van der Waals surface area contributed by atoms with Gasteiger partial charge in [0.15, 0.2) is 0 Å². The fourth-order valence-electron chi connectivity index (χ4n) is 2.42. The van der Waals surface area contributed by atoms with E-state index in [4.69, 9.17) is 5.73 Å². The minimum Gasteiger partial charge on any atom is -0.330 e. The SMILES string of the molecule is NCC1CCN(CC2=CCCC=C2)CC1.[HH]. The smallest absolute Gasteiger partial charge is 0.0230 e. The van der Waals surface area contributed by atoms with Gasteiger partial charge in [-0.3, -0.25) is 4.90 Å². The first-order chi connectivity index (χ1) is 7.38. The maximum absolute atomic E-state index is 5.69. The maximum atomic E-state index is 5.69. The van der Waals surface area contributed by atoms with E-state index in [9.17, 15) is 0 Å². The topological polar surface area (TPSA) is 29.3 Å². The van der Waals surface area contributed by atoms with Gasteiger partial charge in [-0.1, -0.05) is 18.2 Å². The number of hydrogen-bond donors (Lipinski definition) is 1. The fourth-order valence-corrected chi connectivity index (χ4v) is 2.42. The van der Waals surface area contributed by atoms with E-state index in [1.54, 1.807) is 0 Å². The van der Waals surface area contributed by atoms with Crippen molar-refractivity contribution in [2.75, 3.05) is 26.2 Å². The van der Waals surface area contributed by atoms with Crippen LogP contribution in [0.2, 0.25) is 0 Å². The van der Waals surface area contributed by atoms with Crippen LogP contribution in [0.25, 0.3) is 0 Å². The van der Waals surface area contributed by atoms with Crippen molar-refractivity contribution < 1.29 is 1.43 Å². The van der Waals surface area contributed by atoms with Crippen LogP contribution in [-0.4, -0.2) is 31.1 Å². The second-order valence-corrected chi connectivity index (χ2v) is 4.71. The standard InChI is InChI=1S/C13H22N2.H2/c14-10-12-6-8-15(9-7-12)11-13-4-2-1-3-5-13;/h2,4-5,12H,1,3,6-11,14H2;1H. The molecule has 1 heterocycles. The summed E-state index contributed by atoms with van der Waals surface area (Å²) in [5.74, 6) is 0.775. The number of allylic oxidation sites excluding steroid dienone is 2. The summed E-state index contributed by atoms with van der Waals surface area (Å²) in [7, 11) is 0.